The second-order valence-electron chi connectivity index (χ2n) is 4.11. The number of rotatable bonds is 4. The van der Waals surface area contributed by atoms with E-state index in [1.807, 2.05) is 6.07 Å². The lowest BCUT2D eigenvalue weighted by molar-refractivity contribution is 0.512. The van der Waals surface area contributed by atoms with Gasteiger partial charge in [0.1, 0.15) is 5.76 Å². The first-order valence-corrected chi connectivity index (χ1v) is 6.97. The summed E-state index contributed by atoms with van der Waals surface area (Å²) in [4.78, 5) is 0.224. The molecule has 1 atom stereocenters. The molecule has 1 aromatic carbocycles. The van der Waals surface area contributed by atoms with Crippen LogP contribution in [0.2, 0.25) is 0 Å². The number of halogens is 1. The molecule has 1 unspecified atom stereocenters. The maximum absolute atomic E-state index is 5.47. The lowest BCUT2D eigenvalue weighted by atomic mass is 10.0. The van der Waals surface area contributed by atoms with Crippen LogP contribution in [-0.2, 0) is 12.8 Å². The zero-order valence-corrected chi connectivity index (χ0v) is 11.8. The van der Waals surface area contributed by atoms with Gasteiger partial charge in [0.05, 0.1) is 11.1 Å². The van der Waals surface area contributed by atoms with Crippen LogP contribution in [0.5, 0.6) is 0 Å². The summed E-state index contributed by atoms with van der Waals surface area (Å²) in [5.41, 5.74) is 3.88. The lowest BCUT2D eigenvalue weighted by Crippen LogP contribution is -1.95. The van der Waals surface area contributed by atoms with Crippen molar-refractivity contribution in [3.8, 4) is 0 Å². The third kappa shape index (κ3) is 2.63. The van der Waals surface area contributed by atoms with Gasteiger partial charge in [0.2, 0.25) is 0 Å². The van der Waals surface area contributed by atoms with Crippen LogP contribution in [0.3, 0.4) is 0 Å². The lowest BCUT2D eigenvalue weighted by Gasteiger charge is -2.10. The summed E-state index contributed by atoms with van der Waals surface area (Å²) in [7, 11) is 0. The van der Waals surface area contributed by atoms with Gasteiger partial charge in [-0.05, 0) is 23.6 Å². The van der Waals surface area contributed by atoms with Crippen LogP contribution in [0, 0.1) is 0 Å². The number of hydrogen-bond donors (Lipinski definition) is 0. The quantitative estimate of drug-likeness (QED) is 0.732. The van der Waals surface area contributed by atoms with Crippen molar-refractivity contribution in [1.82, 2.24) is 0 Å². The third-order valence-electron chi connectivity index (χ3n) is 3.05. The zero-order valence-electron chi connectivity index (χ0n) is 10.2. The van der Waals surface area contributed by atoms with E-state index in [1.54, 1.807) is 6.26 Å². The van der Waals surface area contributed by atoms with Crippen LogP contribution in [0.4, 0.5) is 0 Å². The first-order chi connectivity index (χ1) is 8.26. The molecular formula is C15H17BrO. The largest absolute Gasteiger partial charge is 0.469 e. The van der Waals surface area contributed by atoms with Gasteiger partial charge in [-0.3, -0.25) is 0 Å². The van der Waals surface area contributed by atoms with Crippen LogP contribution in [0.25, 0.3) is 0 Å². The molecule has 1 aromatic heterocycles. The number of aryl methyl sites for hydroxylation is 2. The molecule has 0 N–H and O–H groups in total. The van der Waals surface area contributed by atoms with Gasteiger partial charge in [0.25, 0.3) is 0 Å². The van der Waals surface area contributed by atoms with E-state index in [0.29, 0.717) is 0 Å². The van der Waals surface area contributed by atoms with Crippen LogP contribution in [0.15, 0.2) is 41.0 Å². The average Bonchev–Trinajstić information content (AvgIpc) is 2.86. The number of furan rings is 1. The highest BCUT2D eigenvalue weighted by atomic mass is 79.9. The topological polar surface area (TPSA) is 13.1 Å². The van der Waals surface area contributed by atoms with E-state index >= 15 is 0 Å². The first kappa shape index (κ1) is 12.4. The molecule has 0 amide bonds. The molecule has 0 aliphatic rings. The summed E-state index contributed by atoms with van der Waals surface area (Å²) < 4.78 is 5.47. The average molecular weight is 293 g/mol. The van der Waals surface area contributed by atoms with Gasteiger partial charge in [-0.1, -0.05) is 54.0 Å². The normalized spacial score (nSPS) is 12.6. The highest BCUT2D eigenvalue weighted by molar-refractivity contribution is 9.09. The van der Waals surface area contributed by atoms with E-state index in [9.17, 15) is 0 Å². The van der Waals surface area contributed by atoms with Gasteiger partial charge in [0, 0.05) is 12.0 Å². The SMILES string of the molecule is CCc1ccc(C(Br)c2ccoc2CC)cc1. The van der Waals surface area contributed by atoms with Gasteiger partial charge >= 0.3 is 0 Å². The maximum atomic E-state index is 5.47. The number of hydrogen-bond acceptors (Lipinski definition) is 1. The fraction of sp³-hybridized carbons (Fsp3) is 0.333. The molecule has 0 saturated carbocycles. The van der Waals surface area contributed by atoms with E-state index < -0.39 is 0 Å². The van der Waals surface area contributed by atoms with Gasteiger partial charge in [-0.15, -0.1) is 0 Å². The van der Waals surface area contributed by atoms with Crippen molar-refractivity contribution in [3.05, 3.63) is 59.0 Å². The molecule has 0 fully saturated rings. The van der Waals surface area contributed by atoms with Crippen molar-refractivity contribution in [2.24, 2.45) is 0 Å². The molecule has 17 heavy (non-hydrogen) atoms. The number of alkyl halides is 1. The molecule has 2 heteroatoms. The summed E-state index contributed by atoms with van der Waals surface area (Å²) >= 11 is 3.75. The summed E-state index contributed by atoms with van der Waals surface area (Å²) in [5, 5.41) is 0. The Morgan fingerprint density at radius 3 is 2.35 bits per heavy atom. The molecule has 0 aliphatic heterocycles. The molecule has 0 radical (unpaired) electrons. The first-order valence-electron chi connectivity index (χ1n) is 6.05. The highest BCUT2D eigenvalue weighted by Gasteiger charge is 2.15. The Hall–Kier alpha value is -1.02. The Bertz CT molecular complexity index is 470. The Kier molecular flexibility index (Phi) is 4.06. The van der Waals surface area contributed by atoms with E-state index in [2.05, 4.69) is 54.0 Å². The highest BCUT2D eigenvalue weighted by Crippen LogP contribution is 2.33. The minimum Gasteiger partial charge on any atom is -0.469 e. The van der Waals surface area contributed by atoms with Crippen molar-refractivity contribution in [2.45, 2.75) is 31.5 Å². The molecule has 0 saturated heterocycles. The van der Waals surface area contributed by atoms with Gasteiger partial charge < -0.3 is 4.42 Å². The predicted molar refractivity (Wildman–Crippen MR) is 74.7 cm³/mol. The van der Waals surface area contributed by atoms with E-state index in [4.69, 9.17) is 4.42 Å². The Morgan fingerprint density at radius 1 is 1.06 bits per heavy atom. The van der Waals surface area contributed by atoms with Crippen molar-refractivity contribution < 1.29 is 4.42 Å². The minimum atomic E-state index is 0.224. The van der Waals surface area contributed by atoms with Crippen LogP contribution in [-0.4, -0.2) is 0 Å². The molecule has 2 rings (SSSR count). The summed E-state index contributed by atoms with van der Waals surface area (Å²) in [6, 6.07) is 10.8. The maximum Gasteiger partial charge on any atom is 0.108 e. The molecule has 1 heterocycles. The van der Waals surface area contributed by atoms with Crippen LogP contribution in [0.1, 0.15) is 41.1 Å². The minimum absolute atomic E-state index is 0.224. The smallest absolute Gasteiger partial charge is 0.108 e. The fourth-order valence-corrected chi connectivity index (χ4v) is 2.68. The van der Waals surface area contributed by atoms with Crippen molar-refractivity contribution in [2.75, 3.05) is 0 Å². The van der Waals surface area contributed by atoms with E-state index in [0.717, 1.165) is 18.6 Å². The second kappa shape index (κ2) is 5.54. The molecule has 2 aromatic rings. The fourth-order valence-electron chi connectivity index (χ4n) is 1.97. The standard InChI is InChI=1S/C15H17BrO/c1-3-11-5-7-12(8-6-11)15(16)13-9-10-17-14(13)4-2/h5-10,15H,3-4H2,1-2H3. The van der Waals surface area contributed by atoms with Crippen LogP contribution >= 0.6 is 15.9 Å². The summed E-state index contributed by atoms with van der Waals surface area (Å²) in [6.07, 6.45) is 3.78. The van der Waals surface area contributed by atoms with Crippen molar-refractivity contribution in [3.63, 3.8) is 0 Å². The Labute approximate surface area is 111 Å². The Balaban J connectivity index is 2.27. The molecule has 0 bridgehead atoms. The third-order valence-corrected chi connectivity index (χ3v) is 4.08. The second-order valence-corrected chi connectivity index (χ2v) is 5.03. The van der Waals surface area contributed by atoms with Crippen molar-refractivity contribution in [1.29, 1.82) is 0 Å². The number of benzene rings is 1. The molecule has 90 valence electrons. The Morgan fingerprint density at radius 2 is 1.76 bits per heavy atom. The monoisotopic (exact) mass is 292 g/mol. The molecule has 1 nitrogen and oxygen atoms in total. The van der Waals surface area contributed by atoms with E-state index in [1.165, 1.54) is 16.7 Å². The van der Waals surface area contributed by atoms with Gasteiger partial charge in [0.15, 0.2) is 0 Å². The summed E-state index contributed by atoms with van der Waals surface area (Å²) in [6.45, 7) is 4.29. The molecule has 0 aliphatic carbocycles. The van der Waals surface area contributed by atoms with Crippen molar-refractivity contribution >= 4 is 15.9 Å². The van der Waals surface area contributed by atoms with E-state index in [-0.39, 0.29) is 4.83 Å². The molecule has 0 spiro atoms. The van der Waals surface area contributed by atoms with Gasteiger partial charge in [-0.2, -0.15) is 0 Å². The zero-order chi connectivity index (χ0) is 12.3. The van der Waals surface area contributed by atoms with Gasteiger partial charge in [-0.25, -0.2) is 0 Å². The van der Waals surface area contributed by atoms with Crippen LogP contribution < -0.4 is 0 Å². The summed E-state index contributed by atoms with van der Waals surface area (Å²) in [5.74, 6) is 1.06. The predicted octanol–water partition coefficient (Wildman–Crippen LogP) is 4.89. The molecular weight excluding hydrogens is 276 g/mol.